The summed E-state index contributed by atoms with van der Waals surface area (Å²) in [5, 5.41) is 14.4. The number of hydrogen-bond acceptors (Lipinski definition) is 7. The van der Waals surface area contributed by atoms with Crippen LogP contribution in [0.1, 0.15) is 6.42 Å². The average Bonchev–Trinajstić information content (AvgIpc) is 3.11. The van der Waals surface area contributed by atoms with Crippen molar-refractivity contribution in [3.05, 3.63) is 24.3 Å². The molecule has 1 aliphatic rings. The highest BCUT2D eigenvalue weighted by Crippen LogP contribution is 2.18. The Kier molecular flexibility index (Phi) is 4.47. The van der Waals surface area contributed by atoms with Crippen molar-refractivity contribution in [3.63, 3.8) is 0 Å². The molecule has 128 valence electrons. The maximum atomic E-state index is 11.8. The van der Waals surface area contributed by atoms with Crippen molar-refractivity contribution >= 4 is 15.7 Å². The van der Waals surface area contributed by atoms with Gasteiger partial charge in [-0.1, -0.05) is 0 Å². The zero-order valence-corrected chi connectivity index (χ0v) is 13.9. The first-order valence-corrected chi connectivity index (χ1v) is 9.20. The number of aromatic nitrogens is 4. The van der Waals surface area contributed by atoms with Crippen molar-refractivity contribution in [2.75, 3.05) is 18.1 Å². The molecule has 24 heavy (non-hydrogen) atoms. The van der Waals surface area contributed by atoms with E-state index in [0.29, 0.717) is 18.0 Å². The quantitative estimate of drug-likeness (QED) is 0.776. The van der Waals surface area contributed by atoms with Gasteiger partial charge in [-0.2, -0.15) is 4.80 Å². The smallest absolute Gasteiger partial charge is 0.258 e. The second kappa shape index (κ2) is 6.56. The second-order valence-corrected chi connectivity index (χ2v) is 7.81. The van der Waals surface area contributed by atoms with E-state index in [1.807, 2.05) is 0 Å². The van der Waals surface area contributed by atoms with Gasteiger partial charge in [-0.3, -0.25) is 4.79 Å². The fraction of sp³-hybridized carbons (Fsp3) is 0.429. The van der Waals surface area contributed by atoms with Crippen molar-refractivity contribution in [2.24, 2.45) is 7.05 Å². The minimum absolute atomic E-state index is 0.00144. The van der Waals surface area contributed by atoms with Crippen LogP contribution in [-0.2, 0) is 21.7 Å². The molecule has 0 radical (unpaired) electrons. The summed E-state index contributed by atoms with van der Waals surface area (Å²) in [4.78, 5) is 13.2. The Bertz CT molecular complexity index is 831. The zero-order chi connectivity index (χ0) is 17.2. The van der Waals surface area contributed by atoms with Gasteiger partial charge in [-0.05, 0) is 35.9 Å². The number of nitrogens with one attached hydrogen (secondary N) is 1. The lowest BCUT2D eigenvalue weighted by Gasteiger charge is -2.11. The Morgan fingerprint density at radius 1 is 1.38 bits per heavy atom. The average molecular weight is 351 g/mol. The molecule has 10 heteroatoms. The topological polar surface area (TPSA) is 116 Å². The maximum Gasteiger partial charge on any atom is 0.258 e. The van der Waals surface area contributed by atoms with Crippen molar-refractivity contribution in [1.82, 2.24) is 25.5 Å². The third-order valence-corrected chi connectivity index (χ3v) is 5.36. The van der Waals surface area contributed by atoms with E-state index in [-0.39, 0.29) is 30.1 Å². The van der Waals surface area contributed by atoms with Gasteiger partial charge in [0.2, 0.25) is 5.82 Å². The first-order chi connectivity index (χ1) is 11.4. The molecule has 1 aromatic carbocycles. The second-order valence-electron chi connectivity index (χ2n) is 5.58. The standard InChI is InChI=1S/C14H17N5O4S/c1-19-17-14(16-18-19)10-2-4-12(5-3-10)23-8-13(20)15-11-6-7-24(21,22)9-11/h2-5,11H,6-9H2,1H3,(H,15,20)/t11-/m0/s1. The van der Waals surface area contributed by atoms with Crippen LogP contribution in [0.3, 0.4) is 0 Å². The monoisotopic (exact) mass is 351 g/mol. The molecule has 0 saturated carbocycles. The summed E-state index contributed by atoms with van der Waals surface area (Å²) in [5.41, 5.74) is 0.788. The number of nitrogens with zero attached hydrogens (tertiary/aromatic N) is 4. The lowest BCUT2D eigenvalue weighted by Crippen LogP contribution is -2.38. The fourth-order valence-electron chi connectivity index (χ4n) is 2.43. The number of rotatable bonds is 5. The number of hydrogen-bond donors (Lipinski definition) is 1. The van der Waals surface area contributed by atoms with E-state index in [0.717, 1.165) is 5.56 Å². The zero-order valence-electron chi connectivity index (χ0n) is 13.0. The lowest BCUT2D eigenvalue weighted by atomic mass is 10.2. The van der Waals surface area contributed by atoms with Gasteiger partial charge in [0.25, 0.3) is 5.91 Å². The molecule has 2 heterocycles. The summed E-state index contributed by atoms with van der Waals surface area (Å²) in [7, 11) is -1.33. The normalized spacial score (nSPS) is 19.1. The van der Waals surface area contributed by atoms with Crippen LogP contribution in [0.5, 0.6) is 5.75 Å². The molecule has 1 aliphatic heterocycles. The molecule has 9 nitrogen and oxygen atoms in total. The van der Waals surface area contributed by atoms with E-state index in [2.05, 4.69) is 20.7 Å². The Hall–Kier alpha value is -2.49. The third kappa shape index (κ3) is 4.07. The first kappa shape index (κ1) is 16.4. The molecule has 1 atom stereocenters. The minimum Gasteiger partial charge on any atom is -0.484 e. The molecule has 3 rings (SSSR count). The van der Waals surface area contributed by atoms with E-state index < -0.39 is 9.84 Å². The molecule has 1 amide bonds. The summed E-state index contributed by atoms with van der Waals surface area (Å²) in [6.07, 6.45) is 0.452. The van der Waals surface area contributed by atoms with E-state index in [1.165, 1.54) is 4.80 Å². The summed E-state index contributed by atoms with van der Waals surface area (Å²) in [6, 6.07) is 6.63. The van der Waals surface area contributed by atoms with Crippen molar-refractivity contribution in [1.29, 1.82) is 0 Å². The van der Waals surface area contributed by atoms with E-state index in [4.69, 9.17) is 4.74 Å². The number of sulfone groups is 1. The van der Waals surface area contributed by atoms with Gasteiger partial charge >= 0.3 is 0 Å². The number of tetrazole rings is 1. The van der Waals surface area contributed by atoms with Crippen LogP contribution in [-0.4, -0.2) is 58.7 Å². The van der Waals surface area contributed by atoms with Crippen LogP contribution < -0.4 is 10.1 Å². The molecule has 2 aromatic rings. The van der Waals surface area contributed by atoms with Crippen LogP contribution in [0.2, 0.25) is 0 Å². The molecule has 0 unspecified atom stereocenters. The maximum absolute atomic E-state index is 11.8. The number of carbonyl (C=O) groups excluding carboxylic acids is 1. The molecule has 1 aromatic heterocycles. The van der Waals surface area contributed by atoms with E-state index >= 15 is 0 Å². The highest BCUT2D eigenvalue weighted by Gasteiger charge is 2.28. The summed E-state index contributed by atoms with van der Waals surface area (Å²) in [6.45, 7) is -0.167. The van der Waals surface area contributed by atoms with Crippen molar-refractivity contribution in [3.8, 4) is 17.1 Å². The predicted octanol–water partition coefficient (Wildman–Crippen LogP) is -0.441. The van der Waals surface area contributed by atoms with E-state index in [9.17, 15) is 13.2 Å². The molecule has 0 bridgehead atoms. The van der Waals surface area contributed by atoms with Crippen LogP contribution in [0.4, 0.5) is 0 Å². The number of carbonyl (C=O) groups is 1. The lowest BCUT2D eigenvalue weighted by molar-refractivity contribution is -0.123. The molecule has 1 fully saturated rings. The summed E-state index contributed by atoms with van der Waals surface area (Å²) < 4.78 is 28.1. The van der Waals surface area contributed by atoms with Crippen LogP contribution in [0.25, 0.3) is 11.4 Å². The summed E-state index contributed by atoms with van der Waals surface area (Å²) in [5.74, 6) is 0.813. The molecule has 0 aliphatic carbocycles. The Morgan fingerprint density at radius 3 is 2.71 bits per heavy atom. The van der Waals surface area contributed by atoms with E-state index in [1.54, 1.807) is 31.3 Å². The number of ether oxygens (including phenoxy) is 1. The van der Waals surface area contributed by atoms with Gasteiger partial charge in [-0.15, -0.1) is 10.2 Å². The Morgan fingerprint density at radius 2 is 2.12 bits per heavy atom. The minimum atomic E-state index is -3.01. The van der Waals surface area contributed by atoms with Crippen LogP contribution >= 0.6 is 0 Å². The van der Waals surface area contributed by atoms with Gasteiger partial charge in [0, 0.05) is 11.6 Å². The van der Waals surface area contributed by atoms with Gasteiger partial charge in [-0.25, -0.2) is 8.42 Å². The molecule has 0 spiro atoms. The highest BCUT2D eigenvalue weighted by atomic mass is 32.2. The van der Waals surface area contributed by atoms with Gasteiger partial charge < -0.3 is 10.1 Å². The number of aryl methyl sites for hydroxylation is 1. The van der Waals surface area contributed by atoms with Gasteiger partial charge in [0.1, 0.15) is 5.75 Å². The van der Waals surface area contributed by atoms with Crippen LogP contribution in [0.15, 0.2) is 24.3 Å². The van der Waals surface area contributed by atoms with Gasteiger partial charge in [0.05, 0.1) is 18.6 Å². The first-order valence-electron chi connectivity index (χ1n) is 7.38. The summed E-state index contributed by atoms with van der Waals surface area (Å²) >= 11 is 0. The van der Waals surface area contributed by atoms with Crippen LogP contribution in [0, 0.1) is 0 Å². The van der Waals surface area contributed by atoms with Gasteiger partial charge in [0.15, 0.2) is 16.4 Å². The predicted molar refractivity (Wildman–Crippen MR) is 84.9 cm³/mol. The Balaban J connectivity index is 1.50. The molecular formula is C14H17N5O4S. The Labute approximate surface area is 138 Å². The molecule has 1 N–H and O–H groups in total. The molecular weight excluding hydrogens is 334 g/mol. The number of amides is 1. The fourth-order valence-corrected chi connectivity index (χ4v) is 4.10. The largest absolute Gasteiger partial charge is 0.484 e. The SMILES string of the molecule is Cn1nnc(-c2ccc(OCC(=O)N[C@H]3CCS(=O)(=O)C3)cc2)n1. The highest BCUT2D eigenvalue weighted by molar-refractivity contribution is 7.91. The van der Waals surface area contributed by atoms with Crippen molar-refractivity contribution in [2.45, 2.75) is 12.5 Å². The molecule has 1 saturated heterocycles. The third-order valence-electron chi connectivity index (χ3n) is 3.59. The number of benzene rings is 1. The van der Waals surface area contributed by atoms with Crippen molar-refractivity contribution < 1.29 is 17.9 Å².